The molecular weight excluding hydrogens is 363 g/mol. The first-order valence-electron chi connectivity index (χ1n) is 11.5. The van der Waals surface area contributed by atoms with Gasteiger partial charge >= 0.3 is 41.5 Å². The van der Waals surface area contributed by atoms with Crippen molar-refractivity contribution in [3.05, 3.63) is 0 Å². The molecule has 0 aromatic rings. The molecule has 0 spiro atoms. The average Bonchev–Trinajstić information content (AvgIpc) is 2.63. The van der Waals surface area contributed by atoms with Crippen molar-refractivity contribution in [1.29, 1.82) is 0 Å². The van der Waals surface area contributed by atoms with Crippen molar-refractivity contribution in [3.63, 3.8) is 0 Å². The van der Waals surface area contributed by atoms with Crippen molar-refractivity contribution in [2.75, 3.05) is 0 Å². The Morgan fingerprint density at radius 3 is 1.04 bits per heavy atom. The zero-order valence-electron chi connectivity index (χ0n) is 17.9. The quantitative estimate of drug-likeness (QED) is 0.136. The second-order valence-electron chi connectivity index (χ2n) is 8.14. The number of carboxylic acids is 2. The van der Waals surface area contributed by atoms with Crippen LogP contribution in [0.1, 0.15) is 129 Å². The van der Waals surface area contributed by atoms with Gasteiger partial charge in [0.2, 0.25) is 0 Å². The second kappa shape index (κ2) is 20.2. The van der Waals surface area contributed by atoms with E-state index in [1.54, 1.807) is 0 Å². The Kier molecular flexibility index (Phi) is 21.8. The van der Waals surface area contributed by atoms with Crippen LogP contribution in [0.15, 0.2) is 0 Å². The van der Waals surface area contributed by atoms with Gasteiger partial charge in [0.25, 0.3) is 0 Å². The summed E-state index contributed by atoms with van der Waals surface area (Å²) in [5.74, 6) is -2.30. The molecule has 0 radical (unpaired) electrons. The zero-order valence-corrected chi connectivity index (χ0v) is 17.9. The molecule has 0 aromatic carbocycles. The molecule has 0 amide bonds. The molecule has 0 saturated heterocycles. The topological polar surface area (TPSA) is 74.6 Å². The van der Waals surface area contributed by atoms with Crippen molar-refractivity contribution >= 4 is 41.5 Å². The molecule has 0 bridgehead atoms. The molecule has 5 heteroatoms. The van der Waals surface area contributed by atoms with Crippen LogP contribution in [0.4, 0.5) is 0 Å². The van der Waals surface area contributed by atoms with Crippen LogP contribution in [0.5, 0.6) is 0 Å². The van der Waals surface area contributed by atoms with Gasteiger partial charge in [-0.25, -0.2) is 0 Å². The van der Waals surface area contributed by atoms with Crippen molar-refractivity contribution in [2.45, 2.75) is 129 Å². The molecule has 0 heterocycles. The van der Waals surface area contributed by atoms with Gasteiger partial charge in [0.15, 0.2) is 5.41 Å². The average molecular weight is 409 g/mol. The zero-order chi connectivity index (χ0) is 20.4. The third kappa shape index (κ3) is 14.0. The van der Waals surface area contributed by atoms with E-state index in [-0.39, 0.29) is 42.4 Å². The van der Waals surface area contributed by atoms with Gasteiger partial charge in [0.05, 0.1) is 0 Å². The van der Waals surface area contributed by atoms with Crippen LogP contribution in [-0.4, -0.2) is 51.7 Å². The van der Waals surface area contributed by atoms with Crippen molar-refractivity contribution in [3.8, 4) is 0 Å². The van der Waals surface area contributed by atoms with Crippen molar-refractivity contribution in [1.82, 2.24) is 0 Å². The van der Waals surface area contributed by atoms with Crippen LogP contribution < -0.4 is 0 Å². The first-order valence-corrected chi connectivity index (χ1v) is 11.5. The summed E-state index contributed by atoms with van der Waals surface area (Å²) >= 11 is 0. The summed E-state index contributed by atoms with van der Waals surface area (Å²) in [6.07, 6.45) is 18.3. The van der Waals surface area contributed by atoms with E-state index in [9.17, 15) is 19.8 Å². The van der Waals surface area contributed by atoms with Crippen molar-refractivity contribution < 1.29 is 19.8 Å². The minimum absolute atomic E-state index is 0. The summed E-state index contributed by atoms with van der Waals surface area (Å²) in [7, 11) is 0. The van der Waals surface area contributed by atoms with E-state index >= 15 is 0 Å². The maximum atomic E-state index is 11.8. The molecule has 162 valence electrons. The standard InChI is InChI=1S/C23H44O4.Na.H/c1-3-5-7-9-11-13-15-17-19-23(21(24)25,22(26)27)20-18-16-14-12-10-8-6-4-2;;/h3-20H2,1-2H3,(H,24,25)(H,26,27);;. The van der Waals surface area contributed by atoms with Crippen LogP contribution in [-0.2, 0) is 9.59 Å². The maximum absolute atomic E-state index is 11.8. The summed E-state index contributed by atoms with van der Waals surface area (Å²) in [5, 5.41) is 19.2. The Labute approximate surface area is 195 Å². The van der Waals surface area contributed by atoms with Gasteiger partial charge in [0.1, 0.15) is 0 Å². The van der Waals surface area contributed by atoms with E-state index in [4.69, 9.17) is 0 Å². The van der Waals surface area contributed by atoms with Gasteiger partial charge < -0.3 is 10.2 Å². The number of carbonyl (C=O) groups is 2. The molecule has 0 atom stereocenters. The summed E-state index contributed by atoms with van der Waals surface area (Å²) in [6.45, 7) is 4.40. The summed E-state index contributed by atoms with van der Waals surface area (Å²) in [4.78, 5) is 23.5. The first kappa shape index (κ1) is 30.1. The van der Waals surface area contributed by atoms with Gasteiger partial charge in [-0.1, -0.05) is 117 Å². The Hall–Kier alpha value is -0.0600. The molecule has 0 unspecified atom stereocenters. The Bertz CT molecular complexity index is 349. The van der Waals surface area contributed by atoms with E-state index < -0.39 is 17.4 Å². The predicted octanol–water partition coefficient (Wildman–Crippen LogP) is 6.56. The van der Waals surface area contributed by atoms with Crippen LogP contribution in [0.3, 0.4) is 0 Å². The van der Waals surface area contributed by atoms with Crippen LogP contribution >= 0.6 is 0 Å². The van der Waals surface area contributed by atoms with Crippen molar-refractivity contribution in [2.24, 2.45) is 5.41 Å². The number of carboxylic acid groups (broad SMARTS) is 2. The van der Waals surface area contributed by atoms with E-state index in [0.717, 1.165) is 25.7 Å². The molecule has 0 fully saturated rings. The molecule has 2 N–H and O–H groups in total. The molecule has 0 saturated carbocycles. The molecule has 0 rings (SSSR count). The van der Waals surface area contributed by atoms with Crippen LogP contribution in [0.2, 0.25) is 0 Å². The number of rotatable bonds is 20. The van der Waals surface area contributed by atoms with Gasteiger partial charge in [-0.3, -0.25) is 9.59 Å². The summed E-state index contributed by atoms with van der Waals surface area (Å²) < 4.78 is 0. The normalized spacial score (nSPS) is 11.2. The first-order chi connectivity index (χ1) is 13.0. The number of hydrogen-bond donors (Lipinski definition) is 2. The SMILES string of the molecule is CCCCCCCCCCC(CCCCCCCCCC)(C(=O)O)C(=O)O.[NaH]. The van der Waals surface area contributed by atoms with Gasteiger partial charge in [-0.15, -0.1) is 0 Å². The number of unbranched alkanes of at least 4 members (excludes halogenated alkanes) is 14. The Morgan fingerprint density at radius 2 is 0.786 bits per heavy atom. The molecule has 0 aliphatic rings. The van der Waals surface area contributed by atoms with Gasteiger partial charge in [-0.2, -0.15) is 0 Å². The Balaban J connectivity index is 0. The number of hydrogen-bond acceptors (Lipinski definition) is 2. The summed E-state index contributed by atoms with van der Waals surface area (Å²) in [5.41, 5.74) is -1.58. The number of aliphatic carboxylic acids is 2. The fraction of sp³-hybridized carbons (Fsp3) is 0.913. The minimum atomic E-state index is -1.58. The summed E-state index contributed by atoms with van der Waals surface area (Å²) in [6, 6.07) is 0. The Morgan fingerprint density at radius 1 is 0.536 bits per heavy atom. The molecule has 0 aromatic heterocycles. The van der Waals surface area contributed by atoms with E-state index in [1.807, 2.05) is 0 Å². The molecule has 0 aliphatic heterocycles. The fourth-order valence-corrected chi connectivity index (χ4v) is 3.77. The van der Waals surface area contributed by atoms with Crippen LogP contribution in [0.25, 0.3) is 0 Å². The van der Waals surface area contributed by atoms with E-state index in [2.05, 4.69) is 13.8 Å². The van der Waals surface area contributed by atoms with E-state index in [1.165, 1.54) is 64.2 Å². The molecule has 28 heavy (non-hydrogen) atoms. The predicted molar refractivity (Wildman–Crippen MR) is 119 cm³/mol. The van der Waals surface area contributed by atoms with Gasteiger partial charge in [0, 0.05) is 0 Å². The molecule has 0 aliphatic carbocycles. The third-order valence-electron chi connectivity index (χ3n) is 5.73. The van der Waals surface area contributed by atoms with Gasteiger partial charge in [-0.05, 0) is 12.8 Å². The van der Waals surface area contributed by atoms with E-state index in [0.29, 0.717) is 12.8 Å². The van der Waals surface area contributed by atoms with Crippen LogP contribution in [0, 0.1) is 5.41 Å². The third-order valence-corrected chi connectivity index (χ3v) is 5.73. The molecular formula is C23H45NaO4. The fourth-order valence-electron chi connectivity index (χ4n) is 3.77. The monoisotopic (exact) mass is 408 g/mol. The molecule has 4 nitrogen and oxygen atoms in total. The second-order valence-corrected chi connectivity index (χ2v) is 8.14.